The normalized spacial score (nSPS) is 13.1. The molecule has 34 valence electrons. The molecule has 2 rings (SSSR count). The van der Waals surface area contributed by atoms with E-state index in [1.165, 1.54) is 11.4 Å². The van der Waals surface area contributed by atoms with Gasteiger partial charge in [0.25, 0.3) is 0 Å². The Labute approximate surface area is 41.2 Å². The lowest BCUT2D eigenvalue weighted by atomic mass is 10.8. The van der Waals surface area contributed by atoms with Crippen molar-refractivity contribution < 1.29 is 0 Å². The molecule has 0 atom stereocenters. The van der Waals surface area contributed by atoms with E-state index in [1.54, 1.807) is 12.4 Å². The molecule has 0 spiro atoms. The molecule has 1 aliphatic rings. The van der Waals surface area contributed by atoms with Crippen LogP contribution in [0.3, 0.4) is 0 Å². The van der Waals surface area contributed by atoms with Crippen molar-refractivity contribution in [2.45, 2.75) is 6.42 Å². The SMILES string of the molecule is c1cnc2c(n1)C2. The van der Waals surface area contributed by atoms with Gasteiger partial charge in [0, 0.05) is 18.8 Å². The predicted molar refractivity (Wildman–Crippen MR) is 24.8 cm³/mol. The minimum Gasteiger partial charge on any atom is -0.257 e. The number of nitrogens with zero attached hydrogens (tertiary/aromatic N) is 2. The molecule has 0 fully saturated rings. The first-order valence-corrected chi connectivity index (χ1v) is 2.25. The fourth-order valence-electron chi connectivity index (χ4n) is 0.601. The van der Waals surface area contributed by atoms with E-state index >= 15 is 0 Å². The fraction of sp³-hybridized carbons (Fsp3) is 0.200. The van der Waals surface area contributed by atoms with E-state index in [0.29, 0.717) is 0 Å². The van der Waals surface area contributed by atoms with Gasteiger partial charge in [-0.05, 0) is 0 Å². The van der Waals surface area contributed by atoms with Gasteiger partial charge in [-0.25, -0.2) is 0 Å². The summed E-state index contributed by atoms with van der Waals surface area (Å²) in [6, 6.07) is 0. The zero-order valence-corrected chi connectivity index (χ0v) is 3.76. The summed E-state index contributed by atoms with van der Waals surface area (Å²) in [7, 11) is 0. The van der Waals surface area contributed by atoms with Crippen LogP contribution in [0.2, 0.25) is 0 Å². The highest BCUT2D eigenvalue weighted by atomic mass is 14.8. The van der Waals surface area contributed by atoms with E-state index in [9.17, 15) is 0 Å². The lowest BCUT2D eigenvalue weighted by molar-refractivity contribution is 1.23. The van der Waals surface area contributed by atoms with E-state index in [0.717, 1.165) is 6.42 Å². The van der Waals surface area contributed by atoms with Crippen molar-refractivity contribution in [2.75, 3.05) is 0 Å². The fourth-order valence-corrected chi connectivity index (χ4v) is 0.601. The van der Waals surface area contributed by atoms with Crippen LogP contribution in [-0.4, -0.2) is 9.97 Å². The van der Waals surface area contributed by atoms with Crippen LogP contribution in [0.4, 0.5) is 0 Å². The number of fused-ring (bicyclic) bond motifs is 1. The molecule has 1 aliphatic carbocycles. The van der Waals surface area contributed by atoms with Crippen molar-refractivity contribution in [1.82, 2.24) is 9.97 Å². The van der Waals surface area contributed by atoms with Crippen LogP contribution in [0.25, 0.3) is 0 Å². The summed E-state index contributed by atoms with van der Waals surface area (Å²) < 4.78 is 0. The third-order valence-electron chi connectivity index (χ3n) is 1.07. The van der Waals surface area contributed by atoms with Crippen molar-refractivity contribution >= 4 is 0 Å². The third kappa shape index (κ3) is 0.330. The second kappa shape index (κ2) is 0.832. The Morgan fingerprint density at radius 3 is 2.14 bits per heavy atom. The van der Waals surface area contributed by atoms with Crippen LogP contribution in [0.5, 0.6) is 0 Å². The monoisotopic (exact) mass is 92.0 g/mol. The maximum absolute atomic E-state index is 4.01. The highest BCUT2D eigenvalue weighted by Crippen LogP contribution is 2.19. The van der Waals surface area contributed by atoms with Crippen LogP contribution >= 0.6 is 0 Å². The maximum atomic E-state index is 4.01. The molecule has 0 N–H and O–H groups in total. The summed E-state index contributed by atoms with van der Waals surface area (Å²) in [4.78, 5) is 8.02. The predicted octanol–water partition coefficient (Wildman–Crippen LogP) is 0.381. The molecule has 0 saturated carbocycles. The molecule has 0 aliphatic heterocycles. The van der Waals surface area contributed by atoms with Crippen LogP contribution in [0.1, 0.15) is 11.4 Å². The van der Waals surface area contributed by atoms with Crippen molar-refractivity contribution in [3.05, 3.63) is 23.8 Å². The quantitative estimate of drug-likeness (QED) is 0.469. The van der Waals surface area contributed by atoms with Crippen LogP contribution in [-0.2, 0) is 6.42 Å². The Bertz CT molecular complexity index is 174. The number of hydrogen-bond acceptors (Lipinski definition) is 2. The third-order valence-corrected chi connectivity index (χ3v) is 1.07. The van der Waals surface area contributed by atoms with Gasteiger partial charge in [-0.1, -0.05) is 0 Å². The zero-order chi connectivity index (χ0) is 4.69. The molecule has 7 heavy (non-hydrogen) atoms. The molecule has 2 heteroatoms. The standard InChI is InChI=1S/C5H4N2/c1-2-7-5-3-4(5)6-1/h1-2H,3H2. The molecule has 0 amide bonds. The molecule has 0 bridgehead atoms. The summed E-state index contributed by atoms with van der Waals surface area (Å²) in [5, 5.41) is 0. The molecule has 1 aromatic heterocycles. The zero-order valence-electron chi connectivity index (χ0n) is 3.76. The first-order valence-electron chi connectivity index (χ1n) is 2.25. The maximum Gasteiger partial charge on any atom is 0.0683 e. The number of aromatic nitrogens is 2. The molecule has 0 aromatic carbocycles. The summed E-state index contributed by atoms with van der Waals surface area (Å²) in [6.07, 6.45) is 4.48. The Morgan fingerprint density at radius 1 is 1.14 bits per heavy atom. The molecule has 2 nitrogen and oxygen atoms in total. The molecule has 0 saturated heterocycles. The van der Waals surface area contributed by atoms with Gasteiger partial charge in [0.2, 0.25) is 0 Å². The Hall–Kier alpha value is -0.920. The minimum atomic E-state index is 1.02. The van der Waals surface area contributed by atoms with Gasteiger partial charge >= 0.3 is 0 Å². The largest absolute Gasteiger partial charge is 0.257 e. The Kier molecular flexibility index (Phi) is 0.372. The van der Waals surface area contributed by atoms with E-state index in [2.05, 4.69) is 9.97 Å². The molecule has 1 aromatic rings. The number of rotatable bonds is 0. The second-order valence-corrected chi connectivity index (χ2v) is 1.63. The molecular formula is C5H4N2. The first-order chi connectivity index (χ1) is 3.47. The van der Waals surface area contributed by atoms with E-state index < -0.39 is 0 Å². The highest BCUT2D eigenvalue weighted by Gasteiger charge is 2.17. The van der Waals surface area contributed by atoms with Crippen molar-refractivity contribution in [1.29, 1.82) is 0 Å². The van der Waals surface area contributed by atoms with Crippen LogP contribution in [0.15, 0.2) is 12.4 Å². The van der Waals surface area contributed by atoms with Crippen LogP contribution in [0, 0.1) is 0 Å². The number of hydrogen-bond donors (Lipinski definition) is 0. The molecule has 0 radical (unpaired) electrons. The lowest BCUT2D eigenvalue weighted by Crippen LogP contribution is -1.66. The summed E-state index contributed by atoms with van der Waals surface area (Å²) in [5.41, 5.74) is 2.34. The van der Waals surface area contributed by atoms with Crippen LogP contribution < -0.4 is 0 Å². The van der Waals surface area contributed by atoms with Gasteiger partial charge in [-0.15, -0.1) is 0 Å². The van der Waals surface area contributed by atoms with E-state index in [4.69, 9.17) is 0 Å². The Morgan fingerprint density at radius 2 is 1.71 bits per heavy atom. The average Bonchev–Trinajstić information content (AvgIpc) is 2.41. The molecule has 1 heterocycles. The topological polar surface area (TPSA) is 25.8 Å². The van der Waals surface area contributed by atoms with Gasteiger partial charge < -0.3 is 0 Å². The van der Waals surface area contributed by atoms with Crippen molar-refractivity contribution in [2.24, 2.45) is 0 Å². The van der Waals surface area contributed by atoms with Gasteiger partial charge in [-0.3, -0.25) is 9.97 Å². The lowest BCUT2D eigenvalue weighted by Gasteiger charge is -1.69. The second-order valence-electron chi connectivity index (χ2n) is 1.63. The van der Waals surface area contributed by atoms with Gasteiger partial charge in [-0.2, -0.15) is 0 Å². The molecular weight excluding hydrogens is 88.1 g/mol. The smallest absolute Gasteiger partial charge is 0.0683 e. The van der Waals surface area contributed by atoms with Gasteiger partial charge in [0.05, 0.1) is 11.4 Å². The molecule has 0 unspecified atom stereocenters. The van der Waals surface area contributed by atoms with Crippen molar-refractivity contribution in [3.8, 4) is 0 Å². The van der Waals surface area contributed by atoms with E-state index in [-0.39, 0.29) is 0 Å². The van der Waals surface area contributed by atoms with Crippen molar-refractivity contribution in [3.63, 3.8) is 0 Å². The Balaban J connectivity index is 2.73. The summed E-state index contributed by atoms with van der Waals surface area (Å²) in [6.45, 7) is 0. The average molecular weight is 92.1 g/mol. The first kappa shape index (κ1) is 3.13. The highest BCUT2D eigenvalue weighted by molar-refractivity contribution is 5.30. The summed E-state index contributed by atoms with van der Waals surface area (Å²) in [5.74, 6) is 0. The van der Waals surface area contributed by atoms with Gasteiger partial charge in [0.15, 0.2) is 0 Å². The van der Waals surface area contributed by atoms with Gasteiger partial charge in [0.1, 0.15) is 0 Å². The van der Waals surface area contributed by atoms with E-state index in [1.807, 2.05) is 0 Å². The minimum absolute atomic E-state index is 1.02. The summed E-state index contributed by atoms with van der Waals surface area (Å²) >= 11 is 0.